The van der Waals surface area contributed by atoms with Crippen molar-refractivity contribution in [2.24, 2.45) is 10.8 Å². The second-order valence-electron chi connectivity index (χ2n) is 8.18. The van der Waals surface area contributed by atoms with Gasteiger partial charge in [0.2, 0.25) is 5.91 Å². The van der Waals surface area contributed by atoms with Crippen molar-refractivity contribution in [3.05, 3.63) is 0 Å². The largest absolute Gasteiger partial charge is 0.356 e. The van der Waals surface area contributed by atoms with Gasteiger partial charge < -0.3 is 10.2 Å². The van der Waals surface area contributed by atoms with Crippen LogP contribution in [0.2, 0.25) is 0 Å². The van der Waals surface area contributed by atoms with Gasteiger partial charge in [-0.3, -0.25) is 4.79 Å². The Morgan fingerprint density at radius 3 is 2.00 bits per heavy atom. The molecule has 0 saturated carbocycles. The molecule has 20 heavy (non-hydrogen) atoms. The normalized spacial score (nSPS) is 12.8. The lowest BCUT2D eigenvalue weighted by Crippen LogP contribution is -2.36. The van der Waals surface area contributed by atoms with E-state index in [4.69, 9.17) is 0 Å². The third-order valence-corrected chi connectivity index (χ3v) is 3.40. The maximum Gasteiger partial charge on any atom is 0.225 e. The molecule has 0 aromatic rings. The summed E-state index contributed by atoms with van der Waals surface area (Å²) in [7, 11) is 2.17. The van der Waals surface area contributed by atoms with Crippen molar-refractivity contribution in [1.29, 1.82) is 0 Å². The minimum Gasteiger partial charge on any atom is -0.356 e. The number of carbonyl (C=O) groups is 1. The molecule has 0 aromatic carbocycles. The quantitative estimate of drug-likeness (QED) is 0.690. The van der Waals surface area contributed by atoms with E-state index >= 15 is 0 Å². The highest BCUT2D eigenvalue weighted by atomic mass is 16.2. The smallest absolute Gasteiger partial charge is 0.225 e. The first kappa shape index (κ1) is 19.4. The summed E-state index contributed by atoms with van der Waals surface area (Å²) in [6.45, 7) is 15.7. The minimum atomic E-state index is -0.279. The number of hydrogen-bond acceptors (Lipinski definition) is 2. The Morgan fingerprint density at radius 2 is 1.50 bits per heavy atom. The van der Waals surface area contributed by atoms with Crippen LogP contribution in [0.15, 0.2) is 0 Å². The molecule has 0 radical (unpaired) electrons. The Labute approximate surface area is 126 Å². The lowest BCUT2D eigenvalue weighted by Gasteiger charge is -2.21. The fourth-order valence-corrected chi connectivity index (χ4v) is 1.96. The fourth-order valence-electron chi connectivity index (χ4n) is 1.96. The highest BCUT2D eigenvalue weighted by molar-refractivity contribution is 5.81. The molecule has 0 spiro atoms. The van der Waals surface area contributed by atoms with Crippen LogP contribution in [-0.2, 0) is 4.79 Å². The first-order valence-corrected chi connectivity index (χ1v) is 7.99. The summed E-state index contributed by atoms with van der Waals surface area (Å²) >= 11 is 0. The zero-order valence-electron chi connectivity index (χ0n) is 14.8. The zero-order chi connectivity index (χ0) is 15.8. The number of rotatable bonds is 8. The van der Waals surface area contributed by atoms with Gasteiger partial charge in [-0.05, 0) is 44.8 Å². The van der Waals surface area contributed by atoms with Gasteiger partial charge in [-0.15, -0.1) is 0 Å². The standard InChI is InChI=1S/C17H36N2O/c1-16(2,3)11-8-9-13-19(7)14-10-12-18-15(20)17(4,5)6/h8-14H2,1-7H3,(H,18,20). The van der Waals surface area contributed by atoms with Gasteiger partial charge in [0, 0.05) is 12.0 Å². The number of carbonyl (C=O) groups excluding carboxylic acids is 1. The molecule has 0 unspecified atom stereocenters. The Balaban J connectivity index is 3.55. The molecule has 0 atom stereocenters. The van der Waals surface area contributed by atoms with Crippen LogP contribution in [0.1, 0.15) is 67.2 Å². The number of nitrogens with zero attached hydrogens (tertiary/aromatic N) is 1. The minimum absolute atomic E-state index is 0.144. The van der Waals surface area contributed by atoms with Gasteiger partial charge in [0.1, 0.15) is 0 Å². The molecule has 0 fully saturated rings. The summed E-state index contributed by atoms with van der Waals surface area (Å²) in [5.74, 6) is 0.144. The van der Waals surface area contributed by atoms with E-state index in [1.165, 1.54) is 19.3 Å². The highest BCUT2D eigenvalue weighted by Crippen LogP contribution is 2.21. The van der Waals surface area contributed by atoms with Crippen LogP contribution in [0.3, 0.4) is 0 Å². The first-order valence-electron chi connectivity index (χ1n) is 7.99. The molecule has 0 aliphatic rings. The SMILES string of the molecule is CN(CCCCC(C)(C)C)CCCNC(=O)C(C)(C)C. The first-order chi connectivity index (χ1) is 9.02. The van der Waals surface area contributed by atoms with Gasteiger partial charge in [-0.2, -0.15) is 0 Å². The molecule has 3 nitrogen and oxygen atoms in total. The number of nitrogens with one attached hydrogen (secondary N) is 1. The molecule has 0 bridgehead atoms. The summed E-state index contributed by atoms with van der Waals surface area (Å²) in [5, 5.41) is 3.00. The average Bonchev–Trinajstić information content (AvgIpc) is 2.27. The van der Waals surface area contributed by atoms with Crippen molar-refractivity contribution < 1.29 is 4.79 Å². The Kier molecular flexibility index (Phi) is 8.41. The molecular weight excluding hydrogens is 248 g/mol. The topological polar surface area (TPSA) is 32.3 Å². The fraction of sp³-hybridized carbons (Fsp3) is 0.941. The van der Waals surface area contributed by atoms with Crippen molar-refractivity contribution in [2.45, 2.75) is 67.2 Å². The molecule has 0 saturated heterocycles. The highest BCUT2D eigenvalue weighted by Gasteiger charge is 2.20. The van der Waals surface area contributed by atoms with Gasteiger partial charge in [-0.25, -0.2) is 0 Å². The van der Waals surface area contributed by atoms with Crippen LogP contribution in [-0.4, -0.2) is 37.5 Å². The van der Waals surface area contributed by atoms with Crippen LogP contribution < -0.4 is 5.32 Å². The van der Waals surface area contributed by atoms with Crippen LogP contribution in [0.5, 0.6) is 0 Å². The lowest BCUT2D eigenvalue weighted by molar-refractivity contribution is -0.128. The summed E-state index contributed by atoms with van der Waals surface area (Å²) in [6.07, 6.45) is 4.89. The number of unbranched alkanes of at least 4 members (excludes halogenated alkanes) is 1. The maximum atomic E-state index is 11.7. The van der Waals surface area contributed by atoms with Gasteiger partial charge in [0.25, 0.3) is 0 Å². The maximum absolute atomic E-state index is 11.7. The van der Waals surface area contributed by atoms with E-state index < -0.39 is 0 Å². The molecule has 0 aliphatic carbocycles. The molecule has 0 aromatic heterocycles. The Hall–Kier alpha value is -0.570. The van der Waals surface area contributed by atoms with E-state index in [1.54, 1.807) is 0 Å². The van der Waals surface area contributed by atoms with Gasteiger partial charge in [0.15, 0.2) is 0 Å². The third-order valence-electron chi connectivity index (χ3n) is 3.40. The second kappa shape index (κ2) is 8.66. The predicted octanol–water partition coefficient (Wildman–Crippen LogP) is 3.69. The average molecular weight is 284 g/mol. The molecule has 0 heterocycles. The van der Waals surface area contributed by atoms with Crippen LogP contribution in [0, 0.1) is 10.8 Å². The summed E-state index contributed by atoms with van der Waals surface area (Å²) in [6, 6.07) is 0. The Morgan fingerprint density at radius 1 is 0.950 bits per heavy atom. The van der Waals surface area contributed by atoms with Crippen LogP contribution in [0.25, 0.3) is 0 Å². The van der Waals surface area contributed by atoms with Crippen LogP contribution in [0.4, 0.5) is 0 Å². The van der Waals surface area contributed by atoms with Gasteiger partial charge in [-0.1, -0.05) is 48.0 Å². The van der Waals surface area contributed by atoms with E-state index in [2.05, 4.69) is 38.0 Å². The molecular formula is C17H36N2O. The lowest BCUT2D eigenvalue weighted by atomic mass is 9.90. The van der Waals surface area contributed by atoms with Gasteiger partial charge in [0.05, 0.1) is 0 Å². The van der Waals surface area contributed by atoms with Crippen molar-refractivity contribution in [1.82, 2.24) is 10.2 Å². The van der Waals surface area contributed by atoms with E-state index in [9.17, 15) is 4.79 Å². The second-order valence-corrected chi connectivity index (χ2v) is 8.18. The third kappa shape index (κ3) is 11.3. The summed E-state index contributed by atoms with van der Waals surface area (Å²) in [5.41, 5.74) is 0.175. The van der Waals surface area contributed by atoms with Crippen molar-refractivity contribution in [3.63, 3.8) is 0 Å². The molecule has 0 aliphatic heterocycles. The van der Waals surface area contributed by atoms with Gasteiger partial charge >= 0.3 is 0 Å². The van der Waals surface area contributed by atoms with E-state index in [1.807, 2.05) is 20.8 Å². The van der Waals surface area contributed by atoms with Crippen LogP contribution >= 0.6 is 0 Å². The van der Waals surface area contributed by atoms with Crippen molar-refractivity contribution in [2.75, 3.05) is 26.7 Å². The summed E-state index contributed by atoms with van der Waals surface area (Å²) in [4.78, 5) is 14.1. The molecule has 120 valence electrons. The number of amides is 1. The predicted molar refractivity (Wildman–Crippen MR) is 87.9 cm³/mol. The monoisotopic (exact) mass is 284 g/mol. The van der Waals surface area contributed by atoms with Crippen molar-refractivity contribution >= 4 is 5.91 Å². The zero-order valence-corrected chi connectivity index (χ0v) is 14.8. The molecule has 0 rings (SSSR count). The van der Waals surface area contributed by atoms with E-state index in [-0.39, 0.29) is 11.3 Å². The summed E-state index contributed by atoms with van der Waals surface area (Å²) < 4.78 is 0. The van der Waals surface area contributed by atoms with E-state index in [0.29, 0.717) is 5.41 Å². The van der Waals surface area contributed by atoms with E-state index in [0.717, 1.165) is 26.1 Å². The number of hydrogen-bond donors (Lipinski definition) is 1. The molecule has 3 heteroatoms. The van der Waals surface area contributed by atoms with Crippen molar-refractivity contribution in [3.8, 4) is 0 Å². The molecule has 1 N–H and O–H groups in total. The molecule has 1 amide bonds. The Bertz CT molecular complexity index is 274.